The van der Waals surface area contributed by atoms with Gasteiger partial charge in [-0.1, -0.05) is 25.1 Å². The maximum atomic E-state index is 12.3. The first-order chi connectivity index (χ1) is 12.6. The van der Waals surface area contributed by atoms with Crippen molar-refractivity contribution in [1.29, 1.82) is 0 Å². The molecule has 0 bridgehead atoms. The molecule has 0 fully saturated rings. The molecule has 2 amide bonds. The van der Waals surface area contributed by atoms with Gasteiger partial charge in [0.25, 0.3) is 0 Å². The normalized spacial score (nSPS) is 13.3. The van der Waals surface area contributed by atoms with Crippen LogP contribution in [0, 0.1) is 6.92 Å². The van der Waals surface area contributed by atoms with Crippen molar-refractivity contribution >= 4 is 11.7 Å². The molecule has 0 saturated carbocycles. The van der Waals surface area contributed by atoms with Crippen LogP contribution in [0.3, 0.4) is 0 Å². The number of urea groups is 1. The number of carbonyl (C=O) groups is 1. The number of aryl methyl sites for hydroxylation is 4. The lowest BCUT2D eigenvalue weighted by molar-refractivity contribution is 0.251. The third kappa shape index (κ3) is 3.98. The van der Waals surface area contributed by atoms with Crippen molar-refractivity contribution in [3.05, 3.63) is 45.6 Å². The van der Waals surface area contributed by atoms with Gasteiger partial charge in [-0.15, -0.1) is 0 Å². The molecule has 7 nitrogen and oxygen atoms in total. The highest BCUT2D eigenvalue weighted by molar-refractivity contribution is 5.91. The Labute approximate surface area is 153 Å². The first kappa shape index (κ1) is 18.2. The standard InChI is InChI=1S/C19H27N5O2/c1-3-15-9-6-8-14(2)17(15)21-18(25)20-11-7-13-24-19(26)23-12-5-4-10-16(23)22-24/h6,8-9H,3-5,7,10-13H2,1-2H3,(H2,20,21,25). The number of amides is 2. The second kappa shape index (κ2) is 8.21. The average molecular weight is 357 g/mol. The molecule has 2 N–H and O–H groups in total. The van der Waals surface area contributed by atoms with Crippen LogP contribution in [0.2, 0.25) is 0 Å². The summed E-state index contributed by atoms with van der Waals surface area (Å²) in [5.74, 6) is 0.888. The molecule has 0 radical (unpaired) electrons. The van der Waals surface area contributed by atoms with Gasteiger partial charge in [0, 0.05) is 31.7 Å². The number of carbonyl (C=O) groups excluding carboxylic acids is 1. The first-order valence-electron chi connectivity index (χ1n) is 9.40. The molecule has 1 aromatic heterocycles. The van der Waals surface area contributed by atoms with Crippen LogP contribution in [0.4, 0.5) is 10.5 Å². The molecule has 0 atom stereocenters. The molecule has 26 heavy (non-hydrogen) atoms. The van der Waals surface area contributed by atoms with Crippen LogP contribution in [0.15, 0.2) is 23.0 Å². The quantitative estimate of drug-likeness (QED) is 0.779. The number of aromatic nitrogens is 3. The minimum absolute atomic E-state index is 0.0309. The summed E-state index contributed by atoms with van der Waals surface area (Å²) in [6.45, 7) is 5.84. The molecule has 1 aliphatic rings. The van der Waals surface area contributed by atoms with Gasteiger partial charge in [0.2, 0.25) is 0 Å². The molecule has 0 unspecified atom stereocenters. The zero-order valence-electron chi connectivity index (χ0n) is 15.5. The Bertz CT molecular complexity index is 837. The van der Waals surface area contributed by atoms with E-state index in [0.717, 1.165) is 54.9 Å². The Kier molecular flexibility index (Phi) is 5.75. The van der Waals surface area contributed by atoms with Gasteiger partial charge in [-0.2, -0.15) is 5.10 Å². The van der Waals surface area contributed by atoms with Crippen molar-refractivity contribution in [3.8, 4) is 0 Å². The molecule has 3 rings (SSSR count). The number of para-hydroxylation sites is 1. The smallest absolute Gasteiger partial charge is 0.338 e. The van der Waals surface area contributed by atoms with E-state index in [1.807, 2.05) is 25.1 Å². The molecule has 1 aliphatic heterocycles. The predicted molar refractivity (Wildman–Crippen MR) is 102 cm³/mol. The molecular weight excluding hydrogens is 330 g/mol. The third-order valence-corrected chi connectivity index (χ3v) is 4.84. The van der Waals surface area contributed by atoms with E-state index in [1.165, 1.54) is 4.68 Å². The maximum absolute atomic E-state index is 12.3. The molecule has 2 heterocycles. The lowest BCUT2D eigenvalue weighted by atomic mass is 10.1. The Morgan fingerprint density at radius 3 is 2.92 bits per heavy atom. The lowest BCUT2D eigenvalue weighted by Gasteiger charge is -2.13. The minimum Gasteiger partial charge on any atom is -0.338 e. The predicted octanol–water partition coefficient (Wildman–Crippen LogP) is 2.46. The van der Waals surface area contributed by atoms with Gasteiger partial charge in [0.1, 0.15) is 5.82 Å². The second-order valence-electron chi connectivity index (χ2n) is 6.73. The van der Waals surface area contributed by atoms with Gasteiger partial charge in [0.05, 0.1) is 0 Å². The third-order valence-electron chi connectivity index (χ3n) is 4.84. The molecule has 1 aromatic carbocycles. The van der Waals surface area contributed by atoms with Crippen LogP contribution in [0.1, 0.15) is 43.1 Å². The summed E-state index contributed by atoms with van der Waals surface area (Å²) < 4.78 is 3.30. The summed E-state index contributed by atoms with van der Waals surface area (Å²) in [7, 11) is 0. The van der Waals surface area contributed by atoms with Crippen LogP contribution in [0.25, 0.3) is 0 Å². The van der Waals surface area contributed by atoms with E-state index in [9.17, 15) is 9.59 Å². The highest BCUT2D eigenvalue weighted by Crippen LogP contribution is 2.20. The summed E-state index contributed by atoms with van der Waals surface area (Å²) in [5, 5.41) is 10.2. The SMILES string of the molecule is CCc1cccc(C)c1NC(=O)NCCCn1nc2n(c1=O)CCCC2. The van der Waals surface area contributed by atoms with Crippen molar-refractivity contribution in [2.24, 2.45) is 0 Å². The number of anilines is 1. The van der Waals surface area contributed by atoms with Crippen LogP contribution in [0.5, 0.6) is 0 Å². The topological polar surface area (TPSA) is 81.0 Å². The van der Waals surface area contributed by atoms with E-state index >= 15 is 0 Å². The zero-order chi connectivity index (χ0) is 18.5. The highest BCUT2D eigenvalue weighted by Gasteiger charge is 2.16. The zero-order valence-corrected chi connectivity index (χ0v) is 15.5. The summed E-state index contributed by atoms with van der Waals surface area (Å²) >= 11 is 0. The van der Waals surface area contributed by atoms with E-state index in [2.05, 4.69) is 22.7 Å². The van der Waals surface area contributed by atoms with E-state index in [1.54, 1.807) is 4.57 Å². The van der Waals surface area contributed by atoms with E-state index in [4.69, 9.17) is 0 Å². The van der Waals surface area contributed by atoms with E-state index in [-0.39, 0.29) is 11.7 Å². The number of hydrogen-bond donors (Lipinski definition) is 2. The summed E-state index contributed by atoms with van der Waals surface area (Å²) in [4.78, 5) is 24.4. The number of nitrogens with one attached hydrogen (secondary N) is 2. The number of nitrogens with zero attached hydrogens (tertiary/aromatic N) is 3. The fourth-order valence-electron chi connectivity index (χ4n) is 3.38. The first-order valence-corrected chi connectivity index (χ1v) is 9.40. The van der Waals surface area contributed by atoms with Crippen molar-refractivity contribution in [3.63, 3.8) is 0 Å². The van der Waals surface area contributed by atoms with Gasteiger partial charge >= 0.3 is 11.7 Å². The molecule has 0 spiro atoms. The molecule has 0 saturated heterocycles. The molecule has 140 valence electrons. The lowest BCUT2D eigenvalue weighted by Crippen LogP contribution is -2.32. The van der Waals surface area contributed by atoms with Crippen LogP contribution >= 0.6 is 0 Å². The Morgan fingerprint density at radius 2 is 2.15 bits per heavy atom. The maximum Gasteiger partial charge on any atom is 0.345 e. The number of hydrogen-bond acceptors (Lipinski definition) is 3. The van der Waals surface area contributed by atoms with Crippen LogP contribution < -0.4 is 16.3 Å². The fourth-order valence-corrected chi connectivity index (χ4v) is 3.38. The number of benzene rings is 1. The van der Waals surface area contributed by atoms with Crippen LogP contribution in [-0.4, -0.2) is 26.9 Å². The molecular formula is C19H27N5O2. The van der Waals surface area contributed by atoms with Crippen molar-refractivity contribution in [2.75, 3.05) is 11.9 Å². The monoisotopic (exact) mass is 357 g/mol. The van der Waals surface area contributed by atoms with Gasteiger partial charge < -0.3 is 10.6 Å². The fraction of sp³-hybridized carbons (Fsp3) is 0.526. The van der Waals surface area contributed by atoms with Gasteiger partial charge in [0.15, 0.2) is 0 Å². The Hall–Kier alpha value is -2.57. The summed E-state index contributed by atoms with van der Waals surface area (Å²) in [5.41, 5.74) is 3.02. The highest BCUT2D eigenvalue weighted by atomic mass is 16.2. The van der Waals surface area contributed by atoms with Gasteiger partial charge in [-0.3, -0.25) is 4.57 Å². The Morgan fingerprint density at radius 1 is 1.31 bits per heavy atom. The molecule has 0 aliphatic carbocycles. The minimum atomic E-state index is -0.217. The largest absolute Gasteiger partial charge is 0.345 e. The van der Waals surface area contributed by atoms with Gasteiger partial charge in [-0.25, -0.2) is 14.3 Å². The number of fused-ring (bicyclic) bond motifs is 1. The van der Waals surface area contributed by atoms with Crippen LogP contribution in [-0.2, 0) is 25.9 Å². The Balaban J connectivity index is 1.49. The second-order valence-corrected chi connectivity index (χ2v) is 6.73. The molecule has 2 aromatic rings. The van der Waals surface area contributed by atoms with Crippen molar-refractivity contribution < 1.29 is 4.79 Å². The molecule has 7 heteroatoms. The summed E-state index contributed by atoms with van der Waals surface area (Å²) in [6.07, 6.45) is 4.54. The average Bonchev–Trinajstić information content (AvgIpc) is 2.97. The van der Waals surface area contributed by atoms with E-state index < -0.39 is 0 Å². The number of rotatable bonds is 6. The summed E-state index contributed by atoms with van der Waals surface area (Å²) in [6, 6.07) is 5.79. The van der Waals surface area contributed by atoms with Gasteiger partial charge in [-0.05, 0) is 43.7 Å². The van der Waals surface area contributed by atoms with Crippen molar-refractivity contribution in [2.45, 2.75) is 59.0 Å². The van der Waals surface area contributed by atoms with E-state index in [0.29, 0.717) is 19.5 Å². The van der Waals surface area contributed by atoms with Crippen molar-refractivity contribution in [1.82, 2.24) is 19.7 Å².